The second kappa shape index (κ2) is 7.04. The highest BCUT2D eigenvalue weighted by Crippen LogP contribution is 2.24. The zero-order valence-corrected chi connectivity index (χ0v) is 13.4. The van der Waals surface area contributed by atoms with E-state index in [1.165, 1.54) is 0 Å². The fraction of sp³-hybridized carbons (Fsp3) is 0.167. The van der Waals surface area contributed by atoms with Crippen molar-refractivity contribution in [1.82, 2.24) is 10.3 Å². The van der Waals surface area contributed by atoms with Crippen LogP contribution in [0.15, 0.2) is 53.2 Å². The molecule has 2 aromatic heterocycles. The van der Waals surface area contributed by atoms with Crippen LogP contribution in [-0.2, 0) is 11.2 Å². The smallest absolute Gasteiger partial charge is 0.326 e. The Hall–Kier alpha value is -3.35. The number of hydrogen-bond acceptors (Lipinski definition) is 5. The van der Waals surface area contributed by atoms with Gasteiger partial charge >= 0.3 is 5.97 Å². The number of pyridine rings is 1. The highest BCUT2D eigenvalue weighted by atomic mass is 16.5. The maximum Gasteiger partial charge on any atom is 0.326 e. The van der Waals surface area contributed by atoms with E-state index in [0.29, 0.717) is 16.7 Å². The summed E-state index contributed by atoms with van der Waals surface area (Å²) in [4.78, 5) is 27.7. The molecule has 1 amide bonds. The summed E-state index contributed by atoms with van der Waals surface area (Å²) in [6.07, 6.45) is 3.29. The van der Waals surface area contributed by atoms with E-state index >= 15 is 0 Å². The number of benzene rings is 1. The van der Waals surface area contributed by atoms with E-state index < -0.39 is 17.9 Å². The molecular formula is C18H16N2O5. The number of carbonyl (C=O) groups excluding carboxylic acids is 1. The molecule has 0 saturated carbocycles. The Kier molecular flexibility index (Phi) is 4.65. The number of carbonyl (C=O) groups is 2. The van der Waals surface area contributed by atoms with Crippen LogP contribution in [0.4, 0.5) is 0 Å². The van der Waals surface area contributed by atoms with E-state index in [1.807, 2.05) is 0 Å². The van der Waals surface area contributed by atoms with Gasteiger partial charge in [0.2, 0.25) is 0 Å². The van der Waals surface area contributed by atoms with Gasteiger partial charge in [0, 0.05) is 24.2 Å². The van der Waals surface area contributed by atoms with Gasteiger partial charge in [-0.25, -0.2) is 4.79 Å². The molecule has 1 unspecified atom stereocenters. The molecule has 3 rings (SSSR count). The molecular weight excluding hydrogens is 324 g/mol. The Morgan fingerprint density at radius 1 is 1.24 bits per heavy atom. The van der Waals surface area contributed by atoms with E-state index in [9.17, 15) is 14.7 Å². The molecule has 128 valence electrons. The Bertz CT molecular complexity index is 904. The van der Waals surface area contributed by atoms with E-state index in [1.54, 1.807) is 55.9 Å². The van der Waals surface area contributed by atoms with Gasteiger partial charge in [-0.3, -0.25) is 9.78 Å². The van der Waals surface area contributed by atoms with Gasteiger partial charge in [-0.2, -0.15) is 0 Å². The lowest BCUT2D eigenvalue weighted by Crippen LogP contribution is -2.42. The summed E-state index contributed by atoms with van der Waals surface area (Å²) in [5.41, 5.74) is 1.28. The van der Waals surface area contributed by atoms with Gasteiger partial charge in [0.05, 0.1) is 7.11 Å². The van der Waals surface area contributed by atoms with Crippen molar-refractivity contribution in [3.05, 3.63) is 60.1 Å². The van der Waals surface area contributed by atoms with Crippen LogP contribution in [0.3, 0.4) is 0 Å². The van der Waals surface area contributed by atoms with Crippen LogP contribution >= 0.6 is 0 Å². The number of aliphatic carboxylic acids is 1. The molecule has 0 aliphatic heterocycles. The fourth-order valence-electron chi connectivity index (χ4n) is 2.44. The van der Waals surface area contributed by atoms with E-state index in [-0.39, 0.29) is 12.2 Å². The van der Waals surface area contributed by atoms with Crippen LogP contribution in [-0.4, -0.2) is 35.1 Å². The zero-order chi connectivity index (χ0) is 17.8. The minimum Gasteiger partial charge on any atom is -0.497 e. The van der Waals surface area contributed by atoms with Crippen molar-refractivity contribution in [2.24, 2.45) is 0 Å². The van der Waals surface area contributed by atoms with Crippen molar-refractivity contribution >= 4 is 22.8 Å². The molecule has 2 heterocycles. The number of ether oxygens (including phenoxy) is 1. The van der Waals surface area contributed by atoms with Gasteiger partial charge in [0.1, 0.15) is 17.4 Å². The van der Waals surface area contributed by atoms with Gasteiger partial charge < -0.3 is 19.6 Å². The predicted octanol–water partition coefficient (Wildman–Crippen LogP) is 2.26. The molecule has 25 heavy (non-hydrogen) atoms. The second-order valence-corrected chi connectivity index (χ2v) is 5.44. The molecule has 1 aromatic carbocycles. The van der Waals surface area contributed by atoms with Crippen molar-refractivity contribution < 1.29 is 23.8 Å². The maximum absolute atomic E-state index is 12.4. The summed E-state index contributed by atoms with van der Waals surface area (Å²) in [6.45, 7) is 0. The lowest BCUT2D eigenvalue weighted by atomic mass is 10.1. The predicted molar refractivity (Wildman–Crippen MR) is 89.6 cm³/mol. The second-order valence-electron chi connectivity index (χ2n) is 5.44. The first-order chi connectivity index (χ1) is 12.1. The average Bonchev–Trinajstić information content (AvgIpc) is 3.05. The summed E-state index contributed by atoms with van der Waals surface area (Å²) >= 11 is 0. The summed E-state index contributed by atoms with van der Waals surface area (Å²) in [7, 11) is 1.55. The minimum absolute atomic E-state index is 0.0456. The van der Waals surface area contributed by atoms with Gasteiger partial charge in [-0.05, 0) is 42.0 Å². The van der Waals surface area contributed by atoms with Crippen molar-refractivity contribution in [1.29, 1.82) is 0 Å². The number of fused-ring (bicyclic) bond motifs is 1. The largest absolute Gasteiger partial charge is 0.497 e. The number of nitrogens with zero attached hydrogens (tertiary/aromatic N) is 1. The van der Waals surface area contributed by atoms with Crippen LogP contribution in [0.5, 0.6) is 5.75 Å². The third kappa shape index (κ3) is 3.77. The maximum atomic E-state index is 12.4. The summed E-state index contributed by atoms with van der Waals surface area (Å²) < 4.78 is 10.6. The lowest BCUT2D eigenvalue weighted by molar-refractivity contribution is -0.139. The highest BCUT2D eigenvalue weighted by Gasteiger charge is 2.23. The first-order valence-electron chi connectivity index (χ1n) is 7.57. The van der Waals surface area contributed by atoms with Gasteiger partial charge in [-0.15, -0.1) is 0 Å². The van der Waals surface area contributed by atoms with E-state index in [4.69, 9.17) is 9.15 Å². The molecule has 0 aliphatic rings. The topological polar surface area (TPSA) is 102 Å². The molecule has 1 atom stereocenters. The third-order valence-corrected chi connectivity index (χ3v) is 3.74. The average molecular weight is 340 g/mol. The number of methoxy groups -OCH3 is 1. The third-order valence-electron chi connectivity index (χ3n) is 3.74. The molecule has 0 radical (unpaired) electrons. The quantitative estimate of drug-likeness (QED) is 0.714. The zero-order valence-electron chi connectivity index (χ0n) is 13.4. The lowest BCUT2D eigenvalue weighted by Gasteiger charge is -2.13. The standard InChI is InChI=1S/C18H16N2O5/c1-24-13-2-3-15-12(9-13)10-16(25-15)17(21)20-14(18(22)23)8-11-4-6-19-7-5-11/h2-7,9-10,14H,8H2,1H3,(H,20,21)(H,22,23). The highest BCUT2D eigenvalue weighted by molar-refractivity contribution is 5.98. The molecule has 2 N–H and O–H groups in total. The van der Waals surface area contributed by atoms with Crippen LogP contribution in [0.25, 0.3) is 11.0 Å². The number of nitrogens with one attached hydrogen (secondary N) is 1. The van der Waals surface area contributed by atoms with E-state index in [0.717, 1.165) is 5.56 Å². The van der Waals surface area contributed by atoms with Crippen LogP contribution in [0.1, 0.15) is 16.1 Å². The van der Waals surface area contributed by atoms with E-state index in [2.05, 4.69) is 10.3 Å². The van der Waals surface area contributed by atoms with Gasteiger partial charge in [-0.1, -0.05) is 0 Å². The molecule has 3 aromatic rings. The molecule has 0 bridgehead atoms. The first-order valence-corrected chi connectivity index (χ1v) is 7.57. The van der Waals surface area contributed by atoms with Crippen molar-refractivity contribution in [3.63, 3.8) is 0 Å². The normalized spacial score (nSPS) is 11.9. The monoisotopic (exact) mass is 340 g/mol. The molecule has 7 heteroatoms. The van der Waals surface area contributed by atoms with Crippen molar-refractivity contribution in [2.45, 2.75) is 12.5 Å². The Morgan fingerprint density at radius 3 is 2.68 bits per heavy atom. The van der Waals surface area contributed by atoms with Crippen LogP contribution in [0.2, 0.25) is 0 Å². The molecule has 0 saturated heterocycles. The number of carboxylic acid groups (broad SMARTS) is 1. The number of furan rings is 1. The molecule has 0 fully saturated rings. The summed E-state index contributed by atoms with van der Waals surface area (Å²) in [5, 5.41) is 12.5. The number of aromatic nitrogens is 1. The minimum atomic E-state index is -1.12. The SMILES string of the molecule is COc1ccc2oc(C(=O)NC(Cc3ccncc3)C(=O)O)cc2c1. The Labute approximate surface area is 143 Å². The number of hydrogen-bond donors (Lipinski definition) is 2. The Morgan fingerprint density at radius 2 is 2.00 bits per heavy atom. The van der Waals surface area contributed by atoms with Crippen LogP contribution < -0.4 is 10.1 Å². The van der Waals surface area contributed by atoms with Crippen molar-refractivity contribution in [3.8, 4) is 5.75 Å². The van der Waals surface area contributed by atoms with Gasteiger partial charge in [0.15, 0.2) is 5.76 Å². The first kappa shape index (κ1) is 16.5. The van der Waals surface area contributed by atoms with Crippen molar-refractivity contribution in [2.75, 3.05) is 7.11 Å². The number of amides is 1. The number of carboxylic acids is 1. The van der Waals surface area contributed by atoms with Gasteiger partial charge in [0.25, 0.3) is 5.91 Å². The molecule has 0 aliphatic carbocycles. The Balaban J connectivity index is 1.78. The molecule has 0 spiro atoms. The fourth-order valence-corrected chi connectivity index (χ4v) is 2.44. The summed E-state index contributed by atoms with van der Waals surface area (Å²) in [5.74, 6) is -1.02. The number of rotatable bonds is 6. The van der Waals surface area contributed by atoms with Crippen LogP contribution in [0, 0.1) is 0 Å². The molecule has 7 nitrogen and oxygen atoms in total. The summed E-state index contributed by atoms with van der Waals surface area (Å²) in [6, 6.07) is 9.04.